The topological polar surface area (TPSA) is 62.3 Å². The second kappa shape index (κ2) is 3.06. The van der Waals surface area contributed by atoms with Gasteiger partial charge in [0.1, 0.15) is 5.75 Å². The maximum absolute atomic E-state index is 10.3. The molecule has 0 aliphatic rings. The van der Waals surface area contributed by atoms with E-state index in [0.29, 0.717) is 5.75 Å². The number of fused-ring (bicyclic) bond motifs is 1. The Hall–Kier alpha value is -1.97. The molecule has 0 atom stereocenters. The number of aromatic nitrogens is 1. The van der Waals surface area contributed by atoms with E-state index in [9.17, 15) is 4.79 Å². The SMILES string of the molecule is Cc1cc2ccc(OC(=O)O)cc2[nH]1. The lowest BCUT2D eigenvalue weighted by molar-refractivity contribution is 0.144. The van der Waals surface area contributed by atoms with Crippen LogP contribution < -0.4 is 4.74 Å². The van der Waals surface area contributed by atoms with Crippen molar-refractivity contribution in [2.75, 3.05) is 0 Å². The van der Waals surface area contributed by atoms with Gasteiger partial charge >= 0.3 is 6.16 Å². The number of aromatic amines is 1. The minimum Gasteiger partial charge on any atom is -0.449 e. The van der Waals surface area contributed by atoms with Gasteiger partial charge in [0.15, 0.2) is 0 Å². The summed E-state index contributed by atoms with van der Waals surface area (Å²) in [7, 11) is 0. The summed E-state index contributed by atoms with van der Waals surface area (Å²) in [4.78, 5) is 13.4. The van der Waals surface area contributed by atoms with Crippen LogP contribution in [0.3, 0.4) is 0 Å². The molecular weight excluding hydrogens is 182 g/mol. The second-order valence-electron chi connectivity index (χ2n) is 3.07. The van der Waals surface area contributed by atoms with Crippen LogP contribution in [0.25, 0.3) is 10.9 Å². The van der Waals surface area contributed by atoms with Crippen molar-refractivity contribution >= 4 is 17.1 Å². The van der Waals surface area contributed by atoms with E-state index in [4.69, 9.17) is 5.11 Å². The minimum absolute atomic E-state index is 0.326. The summed E-state index contributed by atoms with van der Waals surface area (Å²) in [6, 6.07) is 7.09. The zero-order valence-corrected chi connectivity index (χ0v) is 7.57. The lowest BCUT2D eigenvalue weighted by Crippen LogP contribution is -2.02. The Labute approximate surface area is 80.1 Å². The van der Waals surface area contributed by atoms with Crippen LogP contribution in [0.1, 0.15) is 5.69 Å². The molecule has 0 aliphatic heterocycles. The van der Waals surface area contributed by atoms with Crippen LogP contribution in [0.5, 0.6) is 5.75 Å². The van der Waals surface area contributed by atoms with E-state index >= 15 is 0 Å². The van der Waals surface area contributed by atoms with E-state index < -0.39 is 6.16 Å². The lowest BCUT2D eigenvalue weighted by Gasteiger charge is -1.98. The van der Waals surface area contributed by atoms with Crippen molar-refractivity contribution < 1.29 is 14.6 Å². The van der Waals surface area contributed by atoms with Crippen molar-refractivity contribution in [2.45, 2.75) is 6.92 Å². The number of rotatable bonds is 1. The lowest BCUT2D eigenvalue weighted by atomic mass is 10.2. The standard InChI is InChI=1S/C10H9NO3/c1-6-4-7-2-3-8(14-10(12)13)5-9(7)11-6/h2-5,11H,1H3,(H,12,13). The maximum atomic E-state index is 10.3. The molecule has 14 heavy (non-hydrogen) atoms. The van der Waals surface area contributed by atoms with Gasteiger partial charge in [-0.15, -0.1) is 0 Å². The Balaban J connectivity index is 2.45. The molecular formula is C10H9NO3. The Morgan fingerprint density at radius 3 is 2.93 bits per heavy atom. The highest BCUT2D eigenvalue weighted by atomic mass is 16.7. The quantitative estimate of drug-likeness (QED) is 0.537. The van der Waals surface area contributed by atoms with E-state index in [-0.39, 0.29) is 0 Å². The number of aryl methyl sites for hydroxylation is 1. The predicted molar refractivity (Wildman–Crippen MR) is 51.7 cm³/mol. The monoisotopic (exact) mass is 191 g/mol. The molecule has 0 radical (unpaired) electrons. The van der Waals surface area contributed by atoms with Gasteiger partial charge in [0.2, 0.25) is 0 Å². The highest BCUT2D eigenvalue weighted by Gasteiger charge is 2.03. The number of hydrogen-bond donors (Lipinski definition) is 2. The zero-order valence-electron chi connectivity index (χ0n) is 7.57. The maximum Gasteiger partial charge on any atom is 0.511 e. The molecule has 0 fully saturated rings. The van der Waals surface area contributed by atoms with Crippen LogP contribution in [0.2, 0.25) is 0 Å². The van der Waals surface area contributed by atoms with Crippen LogP contribution in [-0.4, -0.2) is 16.2 Å². The average Bonchev–Trinajstić information content (AvgIpc) is 2.42. The van der Waals surface area contributed by atoms with Gasteiger partial charge < -0.3 is 14.8 Å². The van der Waals surface area contributed by atoms with E-state index in [1.54, 1.807) is 12.1 Å². The molecule has 0 spiro atoms. The van der Waals surface area contributed by atoms with E-state index in [1.807, 2.05) is 19.1 Å². The molecule has 0 unspecified atom stereocenters. The van der Waals surface area contributed by atoms with Crippen molar-refractivity contribution in [3.05, 3.63) is 30.0 Å². The number of ether oxygens (including phenoxy) is 1. The average molecular weight is 191 g/mol. The van der Waals surface area contributed by atoms with E-state index in [0.717, 1.165) is 16.6 Å². The molecule has 72 valence electrons. The number of carboxylic acid groups (broad SMARTS) is 1. The number of H-pyrrole nitrogens is 1. The van der Waals surface area contributed by atoms with Crippen molar-refractivity contribution in [2.24, 2.45) is 0 Å². The molecule has 4 heteroatoms. The summed E-state index contributed by atoms with van der Waals surface area (Å²) in [5.74, 6) is 0.326. The Kier molecular flexibility index (Phi) is 1.89. The van der Waals surface area contributed by atoms with Gasteiger partial charge in [0, 0.05) is 17.3 Å². The first-order chi connectivity index (χ1) is 6.65. The molecule has 2 aromatic rings. The van der Waals surface area contributed by atoms with Crippen LogP contribution in [0, 0.1) is 6.92 Å². The van der Waals surface area contributed by atoms with Crippen LogP contribution in [0.4, 0.5) is 4.79 Å². The van der Waals surface area contributed by atoms with Crippen molar-refractivity contribution in [3.8, 4) is 5.75 Å². The van der Waals surface area contributed by atoms with Crippen LogP contribution in [-0.2, 0) is 0 Å². The summed E-state index contributed by atoms with van der Waals surface area (Å²) < 4.78 is 4.53. The summed E-state index contributed by atoms with van der Waals surface area (Å²) in [5, 5.41) is 9.45. The van der Waals surface area contributed by atoms with Gasteiger partial charge in [-0.1, -0.05) is 0 Å². The van der Waals surface area contributed by atoms with E-state index in [2.05, 4.69) is 9.72 Å². The smallest absolute Gasteiger partial charge is 0.449 e. The normalized spacial score (nSPS) is 10.4. The highest BCUT2D eigenvalue weighted by molar-refractivity contribution is 5.82. The van der Waals surface area contributed by atoms with Gasteiger partial charge in [-0.2, -0.15) is 0 Å². The number of hydrogen-bond acceptors (Lipinski definition) is 2. The van der Waals surface area contributed by atoms with Gasteiger partial charge in [-0.25, -0.2) is 4.79 Å². The van der Waals surface area contributed by atoms with Crippen molar-refractivity contribution in [3.63, 3.8) is 0 Å². The van der Waals surface area contributed by atoms with Gasteiger partial charge in [0.25, 0.3) is 0 Å². The summed E-state index contributed by atoms with van der Waals surface area (Å²) in [6.45, 7) is 1.94. The molecule has 0 saturated heterocycles. The Morgan fingerprint density at radius 1 is 1.43 bits per heavy atom. The molecule has 2 rings (SSSR count). The predicted octanol–water partition coefficient (Wildman–Crippen LogP) is 2.53. The molecule has 1 aromatic carbocycles. The third kappa shape index (κ3) is 1.54. The number of benzene rings is 1. The molecule has 1 heterocycles. The van der Waals surface area contributed by atoms with Crippen molar-refractivity contribution in [1.29, 1.82) is 0 Å². The third-order valence-electron chi connectivity index (χ3n) is 1.93. The fraction of sp³-hybridized carbons (Fsp3) is 0.100. The minimum atomic E-state index is -1.30. The van der Waals surface area contributed by atoms with E-state index in [1.165, 1.54) is 0 Å². The molecule has 2 N–H and O–H groups in total. The molecule has 0 aliphatic carbocycles. The van der Waals surface area contributed by atoms with Crippen LogP contribution >= 0.6 is 0 Å². The zero-order chi connectivity index (χ0) is 10.1. The van der Waals surface area contributed by atoms with Crippen molar-refractivity contribution in [1.82, 2.24) is 4.98 Å². The number of nitrogens with one attached hydrogen (secondary N) is 1. The molecule has 0 bridgehead atoms. The molecule has 4 nitrogen and oxygen atoms in total. The fourth-order valence-corrected chi connectivity index (χ4v) is 1.42. The largest absolute Gasteiger partial charge is 0.511 e. The van der Waals surface area contributed by atoms with Gasteiger partial charge in [0.05, 0.1) is 0 Å². The fourth-order valence-electron chi connectivity index (χ4n) is 1.42. The first-order valence-electron chi connectivity index (χ1n) is 4.15. The third-order valence-corrected chi connectivity index (χ3v) is 1.93. The Bertz CT molecular complexity index is 487. The molecule has 0 saturated carbocycles. The number of carbonyl (C=O) groups is 1. The first kappa shape index (κ1) is 8.62. The summed E-state index contributed by atoms with van der Waals surface area (Å²) in [6.07, 6.45) is -1.30. The highest BCUT2D eigenvalue weighted by Crippen LogP contribution is 2.21. The first-order valence-corrected chi connectivity index (χ1v) is 4.15. The summed E-state index contributed by atoms with van der Waals surface area (Å²) in [5.41, 5.74) is 1.91. The van der Waals surface area contributed by atoms with Gasteiger partial charge in [-0.05, 0) is 30.5 Å². The molecule has 1 aromatic heterocycles. The van der Waals surface area contributed by atoms with Crippen LogP contribution in [0.15, 0.2) is 24.3 Å². The Morgan fingerprint density at radius 2 is 2.21 bits per heavy atom. The van der Waals surface area contributed by atoms with Gasteiger partial charge in [-0.3, -0.25) is 0 Å². The second-order valence-corrected chi connectivity index (χ2v) is 3.07. The summed E-state index contributed by atoms with van der Waals surface area (Å²) >= 11 is 0. The molecule has 0 amide bonds.